The van der Waals surface area contributed by atoms with Crippen LogP contribution in [0.2, 0.25) is 0 Å². The summed E-state index contributed by atoms with van der Waals surface area (Å²) in [6, 6.07) is 6.11. The second kappa shape index (κ2) is 10.2. The van der Waals surface area contributed by atoms with Gasteiger partial charge in [-0.05, 0) is 87.2 Å². The van der Waals surface area contributed by atoms with E-state index in [4.69, 9.17) is 0 Å². The Kier molecular flexibility index (Phi) is 6.84. The van der Waals surface area contributed by atoms with E-state index < -0.39 is 5.60 Å². The zero-order valence-corrected chi connectivity index (χ0v) is 27.0. The number of carbonyl (C=O) groups is 1. The van der Waals surface area contributed by atoms with Gasteiger partial charge in [0.2, 0.25) is 0 Å². The lowest BCUT2D eigenvalue weighted by atomic mass is 9.32. The van der Waals surface area contributed by atoms with Gasteiger partial charge in [0.05, 0.1) is 11.7 Å². The molecule has 2 spiro atoms. The number of allylic oxidation sites excluding steroid dienone is 4. The fraction of sp³-hybridized carbons (Fsp3) is 0.737. The number of anilines is 1. The predicted octanol–water partition coefficient (Wildman–Crippen LogP) is 5.94. The van der Waals surface area contributed by atoms with Gasteiger partial charge in [0.1, 0.15) is 5.82 Å². The molecule has 1 aliphatic heterocycles. The summed E-state index contributed by atoms with van der Waals surface area (Å²) in [4.78, 5) is 24.1. The number of β-amino-alcohol motifs (C(OH)–C–C–N with tert-alkyl or cyclic N) is 1. The maximum Gasteiger partial charge on any atom is 0.162 e. The van der Waals surface area contributed by atoms with E-state index in [1.165, 1.54) is 6.42 Å². The Balaban J connectivity index is 1.12. The Hall–Kier alpha value is -2.02. The first kappa shape index (κ1) is 29.4. The minimum atomic E-state index is -0.771. The number of ketones is 1. The number of hydrogen-bond donors (Lipinski definition) is 2. The SMILES string of the molecule is C[C@]12CC[C@H]3[C@]4(C=C[C@@]5(C=C4C(=O)C4CCCCC4)CC(O)CC[C@]35C)[C@@H]1CC[C@@]2(O)CN1CCN(c2ccccn2)CC1. The van der Waals surface area contributed by atoms with Gasteiger partial charge in [0, 0.05) is 66.7 Å². The summed E-state index contributed by atoms with van der Waals surface area (Å²) in [6.07, 6.45) is 21.0. The molecule has 4 saturated carbocycles. The smallest absolute Gasteiger partial charge is 0.162 e. The van der Waals surface area contributed by atoms with Gasteiger partial charge >= 0.3 is 0 Å². The van der Waals surface area contributed by atoms with Crippen molar-refractivity contribution in [1.82, 2.24) is 9.88 Å². The second-order valence-electron chi connectivity index (χ2n) is 16.5. The van der Waals surface area contributed by atoms with Gasteiger partial charge in [-0.15, -0.1) is 0 Å². The number of aromatic nitrogens is 1. The van der Waals surface area contributed by atoms with Crippen molar-refractivity contribution in [1.29, 1.82) is 0 Å². The fourth-order valence-electron chi connectivity index (χ4n) is 12.3. The Bertz CT molecular complexity index is 1350. The molecule has 0 radical (unpaired) electrons. The second-order valence-corrected chi connectivity index (χ2v) is 16.5. The molecule has 9 rings (SSSR count). The van der Waals surface area contributed by atoms with Gasteiger partial charge in [-0.2, -0.15) is 0 Å². The van der Waals surface area contributed by atoms with Crippen LogP contribution >= 0.6 is 0 Å². The van der Waals surface area contributed by atoms with Crippen molar-refractivity contribution in [2.45, 2.75) is 103 Å². The van der Waals surface area contributed by atoms with Crippen molar-refractivity contribution >= 4 is 11.6 Å². The number of rotatable bonds is 5. The number of aliphatic hydroxyl groups is 2. The lowest BCUT2D eigenvalue weighted by Gasteiger charge is -2.71. The molecule has 8 atom stereocenters. The molecule has 2 bridgehead atoms. The van der Waals surface area contributed by atoms with E-state index in [-0.39, 0.29) is 39.6 Å². The molecular formula is C38H53N3O3. The van der Waals surface area contributed by atoms with Crippen molar-refractivity contribution in [3.05, 3.63) is 48.2 Å². The number of aliphatic hydroxyl groups excluding tert-OH is 1. The monoisotopic (exact) mass is 599 g/mol. The first-order valence-electron chi connectivity index (χ1n) is 17.9. The lowest BCUT2D eigenvalue weighted by Crippen LogP contribution is -2.67. The van der Waals surface area contributed by atoms with Crippen molar-refractivity contribution in [3.63, 3.8) is 0 Å². The third kappa shape index (κ3) is 3.95. The number of nitrogens with zero attached hydrogens (tertiary/aromatic N) is 3. The zero-order valence-electron chi connectivity index (χ0n) is 27.0. The van der Waals surface area contributed by atoms with E-state index >= 15 is 0 Å². The van der Waals surface area contributed by atoms with Crippen LogP contribution in [0, 0.1) is 39.4 Å². The van der Waals surface area contributed by atoms with Crippen molar-refractivity contribution in [2.24, 2.45) is 39.4 Å². The minimum absolute atomic E-state index is 0.0428. The third-order valence-corrected chi connectivity index (χ3v) is 14.8. The summed E-state index contributed by atoms with van der Waals surface area (Å²) in [5.41, 5.74) is -0.420. The molecule has 0 aromatic carbocycles. The molecule has 2 N–H and O–H groups in total. The van der Waals surface area contributed by atoms with Crippen molar-refractivity contribution in [2.75, 3.05) is 37.6 Å². The molecule has 8 aliphatic rings. The van der Waals surface area contributed by atoms with Crippen LogP contribution in [-0.2, 0) is 4.79 Å². The molecule has 0 amide bonds. The highest BCUT2D eigenvalue weighted by Gasteiger charge is 2.74. The summed E-state index contributed by atoms with van der Waals surface area (Å²) in [5.74, 6) is 2.23. The molecule has 6 nitrogen and oxygen atoms in total. The van der Waals surface area contributed by atoms with Gasteiger partial charge in [-0.3, -0.25) is 9.69 Å². The van der Waals surface area contributed by atoms with Crippen molar-refractivity contribution < 1.29 is 15.0 Å². The van der Waals surface area contributed by atoms with E-state index in [1.54, 1.807) is 0 Å². The maximum atomic E-state index is 14.7. The lowest BCUT2D eigenvalue weighted by molar-refractivity contribution is -0.179. The number of fused-ring (bicyclic) bond motifs is 1. The number of pyridine rings is 1. The summed E-state index contributed by atoms with van der Waals surface area (Å²) in [5, 5.41) is 23.7. The quantitative estimate of drug-likeness (QED) is 0.408. The predicted molar refractivity (Wildman–Crippen MR) is 173 cm³/mol. The van der Waals surface area contributed by atoms with Crippen LogP contribution in [0.5, 0.6) is 0 Å². The molecule has 1 aromatic rings. The number of piperazine rings is 1. The first-order valence-corrected chi connectivity index (χ1v) is 17.9. The van der Waals surface area contributed by atoms with Gasteiger partial charge in [0.25, 0.3) is 0 Å². The standard InChI is InChI=1S/C38H53N3O3/c1-34-14-11-28(42)24-36(34)17-18-38(29(25-36)33(43)27-8-4-3-5-9-27)30(34)12-15-35(2)31(38)13-16-37(35,44)26-40-20-22-41(23-21-40)32-10-6-7-19-39-32/h6-7,10,17-19,25,27-28,30-31,42,44H,3-5,8-9,11-16,20-24,26H2,1-2H3/t28?,30-,31-,34-,35+,36+,37-,38-/m1/s1. The highest BCUT2D eigenvalue weighted by Crippen LogP contribution is 2.78. The van der Waals surface area contributed by atoms with Crippen LogP contribution in [0.25, 0.3) is 0 Å². The van der Waals surface area contributed by atoms with Crippen LogP contribution in [0.3, 0.4) is 0 Å². The summed E-state index contributed by atoms with van der Waals surface area (Å²) >= 11 is 0. The highest BCUT2D eigenvalue weighted by atomic mass is 16.3. The van der Waals surface area contributed by atoms with Crippen LogP contribution in [0.4, 0.5) is 5.82 Å². The first-order chi connectivity index (χ1) is 21.1. The average Bonchev–Trinajstić information content (AvgIpc) is 3.31. The molecule has 44 heavy (non-hydrogen) atoms. The Morgan fingerprint density at radius 2 is 1.64 bits per heavy atom. The van der Waals surface area contributed by atoms with Gasteiger partial charge in [0.15, 0.2) is 5.78 Å². The number of hydrogen-bond acceptors (Lipinski definition) is 6. The minimum Gasteiger partial charge on any atom is -0.393 e. The number of carbonyl (C=O) groups excluding carboxylic acids is 1. The Labute approximate surface area is 264 Å². The average molecular weight is 600 g/mol. The molecule has 7 aliphatic carbocycles. The molecule has 1 unspecified atom stereocenters. The number of Topliss-reactive ketones (excluding diaryl/α,β-unsaturated/α-hetero) is 1. The molecule has 1 saturated heterocycles. The fourth-order valence-corrected chi connectivity index (χ4v) is 12.3. The van der Waals surface area contributed by atoms with E-state index in [0.29, 0.717) is 18.2 Å². The largest absolute Gasteiger partial charge is 0.393 e. The van der Waals surface area contributed by atoms with Gasteiger partial charge in [-0.1, -0.05) is 57.4 Å². The van der Waals surface area contributed by atoms with Crippen LogP contribution in [0.15, 0.2) is 48.2 Å². The molecule has 238 valence electrons. The molecule has 6 heteroatoms. The van der Waals surface area contributed by atoms with Gasteiger partial charge < -0.3 is 15.1 Å². The summed E-state index contributed by atoms with van der Waals surface area (Å²) < 4.78 is 0. The van der Waals surface area contributed by atoms with Crippen LogP contribution in [0.1, 0.15) is 90.9 Å². The molecular weight excluding hydrogens is 546 g/mol. The van der Waals surface area contributed by atoms with Crippen LogP contribution in [-0.4, -0.2) is 70.3 Å². The highest BCUT2D eigenvalue weighted by molar-refractivity contribution is 6.00. The summed E-state index contributed by atoms with van der Waals surface area (Å²) in [7, 11) is 0. The van der Waals surface area contributed by atoms with E-state index in [0.717, 1.165) is 108 Å². The molecule has 5 fully saturated rings. The molecule has 1 aromatic heterocycles. The Morgan fingerprint density at radius 1 is 0.909 bits per heavy atom. The Morgan fingerprint density at radius 3 is 2.39 bits per heavy atom. The van der Waals surface area contributed by atoms with Crippen LogP contribution < -0.4 is 4.90 Å². The normalized spacial score (nSPS) is 45.4. The van der Waals surface area contributed by atoms with E-state index in [1.807, 2.05) is 12.3 Å². The third-order valence-electron chi connectivity index (χ3n) is 14.8. The topological polar surface area (TPSA) is 76.9 Å². The zero-order chi connectivity index (χ0) is 30.4. The molecule has 2 heterocycles. The van der Waals surface area contributed by atoms with E-state index in [9.17, 15) is 15.0 Å². The van der Waals surface area contributed by atoms with E-state index in [2.05, 4.69) is 59.0 Å². The summed E-state index contributed by atoms with van der Waals surface area (Å²) in [6.45, 7) is 9.31. The maximum absolute atomic E-state index is 14.7. The van der Waals surface area contributed by atoms with Crippen molar-refractivity contribution in [3.8, 4) is 0 Å². The van der Waals surface area contributed by atoms with Gasteiger partial charge in [-0.25, -0.2) is 4.98 Å².